The summed E-state index contributed by atoms with van der Waals surface area (Å²) in [6.07, 6.45) is 18.5. The maximum absolute atomic E-state index is 12.1. The first-order valence-electron chi connectivity index (χ1n) is 12.5. The van der Waals surface area contributed by atoms with Crippen LogP contribution in [0.25, 0.3) is 0 Å². The molecule has 0 amide bonds. The van der Waals surface area contributed by atoms with E-state index in [0.717, 1.165) is 37.7 Å². The number of esters is 1. The van der Waals surface area contributed by atoms with Crippen LogP contribution in [-0.4, -0.2) is 28.1 Å². The number of unbranched alkanes of at least 4 members (excludes halogenated alkanes) is 14. The van der Waals surface area contributed by atoms with Crippen LogP contribution in [0.15, 0.2) is 29.2 Å². The fraction of sp³-hybridized carbons (Fsp3) is 0.731. The van der Waals surface area contributed by atoms with Crippen molar-refractivity contribution in [2.45, 2.75) is 115 Å². The molecule has 0 heterocycles. The molecule has 5 nitrogen and oxygen atoms in total. The van der Waals surface area contributed by atoms with E-state index in [1.165, 1.54) is 71.3 Å². The first kappa shape index (κ1) is 28.6. The molecule has 0 unspecified atom stereocenters. The third kappa shape index (κ3) is 14.6. The van der Waals surface area contributed by atoms with E-state index in [9.17, 15) is 13.2 Å². The smallest absolute Gasteiger partial charge is 0.305 e. The quantitative estimate of drug-likeness (QED) is 0.116. The molecule has 1 rings (SSSR count). The summed E-state index contributed by atoms with van der Waals surface area (Å²) in [4.78, 5) is 11.2. The van der Waals surface area contributed by atoms with E-state index < -0.39 is 10.1 Å². The molecule has 0 atom stereocenters. The molecule has 0 spiro atoms. The SMILES string of the molecule is COC(=O)CCCCCCCCCCCCCCCCCOS(=O)(=O)c1ccc(C)cc1. The highest BCUT2D eigenvalue weighted by atomic mass is 32.2. The molecular formula is C26H44O5S. The Morgan fingerprint density at radius 2 is 1.09 bits per heavy atom. The molecule has 0 radical (unpaired) electrons. The average molecular weight is 469 g/mol. The van der Waals surface area contributed by atoms with Crippen molar-refractivity contribution >= 4 is 16.1 Å². The summed E-state index contributed by atoms with van der Waals surface area (Å²) in [5.74, 6) is -0.0941. The Labute approximate surface area is 196 Å². The van der Waals surface area contributed by atoms with Gasteiger partial charge in [-0.25, -0.2) is 0 Å². The van der Waals surface area contributed by atoms with Crippen molar-refractivity contribution in [1.82, 2.24) is 0 Å². The fourth-order valence-electron chi connectivity index (χ4n) is 3.71. The maximum Gasteiger partial charge on any atom is 0.305 e. The van der Waals surface area contributed by atoms with E-state index >= 15 is 0 Å². The Kier molecular flexibility index (Phi) is 16.2. The number of carbonyl (C=O) groups excluding carboxylic acids is 1. The second-order valence-corrected chi connectivity index (χ2v) is 10.3. The number of ether oxygens (including phenoxy) is 1. The van der Waals surface area contributed by atoms with Crippen LogP contribution < -0.4 is 0 Å². The molecule has 1 aromatic carbocycles. The van der Waals surface area contributed by atoms with Gasteiger partial charge in [-0.1, -0.05) is 101 Å². The average Bonchev–Trinajstić information content (AvgIpc) is 2.78. The molecule has 0 saturated heterocycles. The Bertz CT molecular complexity index is 697. The van der Waals surface area contributed by atoms with Gasteiger partial charge in [-0.3, -0.25) is 8.98 Å². The lowest BCUT2D eigenvalue weighted by Gasteiger charge is -2.06. The molecule has 0 aliphatic carbocycles. The van der Waals surface area contributed by atoms with Gasteiger partial charge in [0, 0.05) is 6.42 Å². The second kappa shape index (κ2) is 18.1. The zero-order valence-corrected chi connectivity index (χ0v) is 21.1. The van der Waals surface area contributed by atoms with Crippen LogP contribution in [0.5, 0.6) is 0 Å². The molecule has 0 aromatic heterocycles. The van der Waals surface area contributed by atoms with Crippen molar-refractivity contribution in [3.8, 4) is 0 Å². The van der Waals surface area contributed by atoms with E-state index in [1.54, 1.807) is 24.3 Å². The number of rotatable bonds is 20. The molecule has 32 heavy (non-hydrogen) atoms. The lowest BCUT2D eigenvalue weighted by Crippen LogP contribution is -2.07. The van der Waals surface area contributed by atoms with Crippen LogP contribution in [0.1, 0.15) is 108 Å². The molecule has 0 aliphatic heterocycles. The van der Waals surface area contributed by atoms with Gasteiger partial charge in [-0.05, 0) is 31.9 Å². The third-order valence-electron chi connectivity index (χ3n) is 5.80. The van der Waals surface area contributed by atoms with Gasteiger partial charge in [0.1, 0.15) is 0 Å². The summed E-state index contributed by atoms with van der Waals surface area (Å²) in [6, 6.07) is 6.77. The van der Waals surface area contributed by atoms with Gasteiger partial charge >= 0.3 is 5.97 Å². The van der Waals surface area contributed by atoms with Crippen molar-refractivity contribution in [2.75, 3.05) is 13.7 Å². The molecule has 0 aliphatic rings. The zero-order chi connectivity index (χ0) is 23.5. The fourth-order valence-corrected chi connectivity index (χ4v) is 4.66. The highest BCUT2D eigenvalue weighted by Crippen LogP contribution is 2.16. The highest BCUT2D eigenvalue weighted by molar-refractivity contribution is 7.86. The second-order valence-electron chi connectivity index (χ2n) is 8.72. The first-order chi connectivity index (χ1) is 15.5. The van der Waals surface area contributed by atoms with E-state index in [-0.39, 0.29) is 17.5 Å². The molecule has 184 valence electrons. The van der Waals surface area contributed by atoms with Gasteiger partial charge in [0.2, 0.25) is 0 Å². The van der Waals surface area contributed by atoms with Gasteiger partial charge in [0.15, 0.2) is 0 Å². The minimum Gasteiger partial charge on any atom is -0.469 e. The van der Waals surface area contributed by atoms with Crippen molar-refractivity contribution < 1.29 is 22.1 Å². The Hall–Kier alpha value is -1.40. The molecule has 0 bridgehead atoms. The van der Waals surface area contributed by atoms with Crippen molar-refractivity contribution in [2.24, 2.45) is 0 Å². The first-order valence-corrected chi connectivity index (χ1v) is 13.9. The monoisotopic (exact) mass is 468 g/mol. The van der Waals surface area contributed by atoms with Crippen LogP contribution >= 0.6 is 0 Å². The number of carbonyl (C=O) groups is 1. The normalized spacial score (nSPS) is 11.6. The molecule has 6 heteroatoms. The predicted molar refractivity (Wildman–Crippen MR) is 130 cm³/mol. The summed E-state index contributed by atoms with van der Waals surface area (Å²) in [5.41, 5.74) is 1.03. The van der Waals surface area contributed by atoms with E-state index in [4.69, 9.17) is 4.18 Å². The van der Waals surface area contributed by atoms with Crippen LogP contribution in [0.2, 0.25) is 0 Å². The number of methoxy groups -OCH3 is 1. The van der Waals surface area contributed by atoms with Gasteiger partial charge < -0.3 is 4.74 Å². The largest absolute Gasteiger partial charge is 0.469 e. The lowest BCUT2D eigenvalue weighted by molar-refractivity contribution is -0.140. The zero-order valence-electron chi connectivity index (χ0n) is 20.3. The summed E-state index contributed by atoms with van der Waals surface area (Å²) < 4.78 is 34.0. The van der Waals surface area contributed by atoms with Gasteiger partial charge in [-0.15, -0.1) is 0 Å². The molecule has 0 N–H and O–H groups in total. The Morgan fingerprint density at radius 1 is 0.688 bits per heavy atom. The van der Waals surface area contributed by atoms with Gasteiger partial charge in [-0.2, -0.15) is 8.42 Å². The van der Waals surface area contributed by atoms with E-state index in [2.05, 4.69) is 4.74 Å². The third-order valence-corrected chi connectivity index (χ3v) is 7.13. The maximum atomic E-state index is 12.1. The number of aryl methyl sites for hydroxylation is 1. The highest BCUT2D eigenvalue weighted by Gasteiger charge is 2.14. The lowest BCUT2D eigenvalue weighted by atomic mass is 10.0. The standard InChI is InChI=1S/C26H44O5S/c1-24-19-21-25(22-20-24)32(28,29)31-23-17-15-13-11-9-7-5-3-4-6-8-10-12-14-16-18-26(27)30-2/h19-22H,3-18,23H2,1-2H3. The molecule has 0 saturated carbocycles. The number of benzene rings is 1. The van der Waals surface area contributed by atoms with Crippen molar-refractivity contribution in [1.29, 1.82) is 0 Å². The van der Waals surface area contributed by atoms with Crippen LogP contribution in [0, 0.1) is 6.92 Å². The van der Waals surface area contributed by atoms with Crippen molar-refractivity contribution in [3.05, 3.63) is 29.8 Å². The summed E-state index contributed by atoms with van der Waals surface area (Å²) in [7, 11) is -2.17. The Balaban J connectivity index is 1.83. The predicted octanol–water partition coefficient (Wildman–Crippen LogP) is 7.11. The van der Waals surface area contributed by atoms with Crippen LogP contribution in [0.3, 0.4) is 0 Å². The van der Waals surface area contributed by atoms with Crippen LogP contribution in [0.4, 0.5) is 0 Å². The summed E-state index contributed by atoms with van der Waals surface area (Å²) in [5, 5.41) is 0. The summed E-state index contributed by atoms with van der Waals surface area (Å²) in [6.45, 7) is 2.19. The van der Waals surface area contributed by atoms with Gasteiger partial charge in [0.05, 0.1) is 18.6 Å². The van der Waals surface area contributed by atoms with Gasteiger partial charge in [0.25, 0.3) is 10.1 Å². The topological polar surface area (TPSA) is 69.7 Å². The van der Waals surface area contributed by atoms with E-state index in [1.807, 2.05) is 6.92 Å². The minimum absolute atomic E-state index is 0.0941. The van der Waals surface area contributed by atoms with Crippen LogP contribution in [-0.2, 0) is 23.8 Å². The Morgan fingerprint density at radius 3 is 1.53 bits per heavy atom. The summed E-state index contributed by atoms with van der Waals surface area (Å²) >= 11 is 0. The number of hydrogen-bond acceptors (Lipinski definition) is 5. The number of hydrogen-bond donors (Lipinski definition) is 0. The minimum atomic E-state index is -3.62. The molecular weight excluding hydrogens is 424 g/mol. The molecule has 0 fully saturated rings. The van der Waals surface area contributed by atoms with E-state index in [0.29, 0.717) is 6.42 Å². The van der Waals surface area contributed by atoms with Crippen molar-refractivity contribution in [3.63, 3.8) is 0 Å². The molecule has 1 aromatic rings.